The van der Waals surface area contributed by atoms with E-state index in [1.807, 2.05) is 0 Å². The standard InChI is InChI=1S/C14H9NO4/c16-14(17)13-7-9-6-10(3-4-12(9)19-13)18-11-2-1-5-15-8-11/h1-8H,(H,16,17). The lowest BCUT2D eigenvalue weighted by Crippen LogP contribution is -1.91. The van der Waals surface area contributed by atoms with Gasteiger partial charge in [-0.1, -0.05) is 0 Å². The molecule has 19 heavy (non-hydrogen) atoms. The van der Waals surface area contributed by atoms with Crippen LogP contribution in [0, 0.1) is 0 Å². The Labute approximate surface area is 108 Å². The lowest BCUT2D eigenvalue weighted by molar-refractivity contribution is 0.0665. The van der Waals surface area contributed by atoms with E-state index < -0.39 is 5.97 Å². The summed E-state index contributed by atoms with van der Waals surface area (Å²) < 4.78 is 10.8. The number of benzene rings is 1. The summed E-state index contributed by atoms with van der Waals surface area (Å²) in [5.41, 5.74) is 0.510. The summed E-state index contributed by atoms with van der Waals surface area (Å²) in [6.45, 7) is 0. The number of aromatic nitrogens is 1. The minimum atomic E-state index is -1.09. The largest absolute Gasteiger partial charge is 0.475 e. The smallest absolute Gasteiger partial charge is 0.371 e. The summed E-state index contributed by atoms with van der Waals surface area (Å²) in [7, 11) is 0. The predicted molar refractivity (Wildman–Crippen MR) is 67.5 cm³/mol. The SMILES string of the molecule is O=C(O)c1cc2cc(Oc3cccnc3)ccc2o1. The zero-order chi connectivity index (χ0) is 13.2. The van der Waals surface area contributed by atoms with Crippen LogP contribution in [0.2, 0.25) is 0 Å². The molecule has 3 rings (SSSR count). The fraction of sp³-hybridized carbons (Fsp3) is 0. The van der Waals surface area contributed by atoms with Gasteiger partial charge in [0.15, 0.2) is 0 Å². The van der Waals surface area contributed by atoms with Crippen LogP contribution in [0.15, 0.2) is 53.2 Å². The van der Waals surface area contributed by atoms with Gasteiger partial charge >= 0.3 is 5.97 Å². The summed E-state index contributed by atoms with van der Waals surface area (Å²) in [6, 6.07) is 10.1. The highest BCUT2D eigenvalue weighted by Gasteiger charge is 2.11. The number of carboxylic acids is 1. The van der Waals surface area contributed by atoms with E-state index in [4.69, 9.17) is 14.3 Å². The fourth-order valence-electron chi connectivity index (χ4n) is 1.73. The van der Waals surface area contributed by atoms with Crippen molar-refractivity contribution in [3.8, 4) is 11.5 Å². The number of nitrogens with zero attached hydrogens (tertiary/aromatic N) is 1. The summed E-state index contributed by atoms with van der Waals surface area (Å²) in [6.07, 6.45) is 3.26. The number of hydrogen-bond acceptors (Lipinski definition) is 4. The maximum Gasteiger partial charge on any atom is 0.371 e. The van der Waals surface area contributed by atoms with Gasteiger partial charge in [-0.15, -0.1) is 0 Å². The van der Waals surface area contributed by atoms with E-state index in [1.54, 1.807) is 42.7 Å². The first-order valence-electron chi connectivity index (χ1n) is 5.57. The van der Waals surface area contributed by atoms with Crippen LogP contribution in [0.25, 0.3) is 11.0 Å². The zero-order valence-corrected chi connectivity index (χ0v) is 9.74. The average molecular weight is 255 g/mol. The molecule has 0 aliphatic heterocycles. The summed E-state index contributed by atoms with van der Waals surface area (Å²) in [5.74, 6) is 0.0292. The van der Waals surface area contributed by atoms with E-state index in [0.29, 0.717) is 22.5 Å². The van der Waals surface area contributed by atoms with Gasteiger partial charge in [0.25, 0.3) is 0 Å². The minimum absolute atomic E-state index is 0.0893. The van der Waals surface area contributed by atoms with Crippen molar-refractivity contribution in [3.05, 3.63) is 54.6 Å². The molecule has 1 aromatic carbocycles. The molecule has 0 saturated heterocycles. The molecule has 0 unspecified atom stereocenters. The number of hydrogen-bond donors (Lipinski definition) is 1. The van der Waals surface area contributed by atoms with Crippen molar-refractivity contribution < 1.29 is 19.1 Å². The van der Waals surface area contributed by atoms with E-state index in [-0.39, 0.29) is 5.76 Å². The number of pyridine rings is 1. The first-order chi connectivity index (χ1) is 9.22. The monoisotopic (exact) mass is 255 g/mol. The molecule has 0 saturated carbocycles. The molecule has 2 heterocycles. The summed E-state index contributed by atoms with van der Waals surface area (Å²) in [5, 5.41) is 9.54. The number of fused-ring (bicyclic) bond motifs is 1. The average Bonchev–Trinajstić information content (AvgIpc) is 2.83. The summed E-state index contributed by atoms with van der Waals surface area (Å²) >= 11 is 0. The normalized spacial score (nSPS) is 10.5. The second-order valence-electron chi connectivity index (χ2n) is 3.91. The molecule has 0 atom stereocenters. The number of furan rings is 1. The topological polar surface area (TPSA) is 72.6 Å². The number of ether oxygens (including phenoxy) is 1. The second kappa shape index (κ2) is 4.45. The molecule has 5 nitrogen and oxygen atoms in total. The van der Waals surface area contributed by atoms with Crippen LogP contribution in [-0.2, 0) is 0 Å². The first kappa shape index (κ1) is 11.3. The molecular formula is C14H9NO4. The molecule has 1 N–H and O–H groups in total. The molecular weight excluding hydrogens is 246 g/mol. The van der Waals surface area contributed by atoms with E-state index in [9.17, 15) is 4.79 Å². The van der Waals surface area contributed by atoms with Crippen LogP contribution in [-0.4, -0.2) is 16.1 Å². The Bertz CT molecular complexity index is 734. The maximum absolute atomic E-state index is 10.8. The molecule has 0 aliphatic carbocycles. The third kappa shape index (κ3) is 2.26. The van der Waals surface area contributed by atoms with E-state index >= 15 is 0 Å². The van der Waals surface area contributed by atoms with E-state index in [2.05, 4.69) is 4.98 Å². The van der Waals surface area contributed by atoms with Gasteiger partial charge in [0.2, 0.25) is 5.76 Å². The highest BCUT2D eigenvalue weighted by Crippen LogP contribution is 2.27. The van der Waals surface area contributed by atoms with Gasteiger partial charge in [-0.05, 0) is 36.4 Å². The third-order valence-electron chi connectivity index (χ3n) is 2.57. The van der Waals surface area contributed by atoms with Gasteiger partial charge in [0.1, 0.15) is 17.1 Å². The molecule has 94 valence electrons. The van der Waals surface area contributed by atoms with Gasteiger partial charge in [-0.2, -0.15) is 0 Å². The Hall–Kier alpha value is -2.82. The Morgan fingerprint density at radius 3 is 2.84 bits per heavy atom. The van der Waals surface area contributed by atoms with Crippen LogP contribution >= 0.6 is 0 Å². The van der Waals surface area contributed by atoms with Gasteiger partial charge in [-0.25, -0.2) is 4.79 Å². The molecule has 0 fully saturated rings. The van der Waals surface area contributed by atoms with E-state index in [0.717, 1.165) is 0 Å². The van der Waals surface area contributed by atoms with Crippen molar-refractivity contribution in [2.45, 2.75) is 0 Å². The predicted octanol–water partition coefficient (Wildman–Crippen LogP) is 3.32. The van der Waals surface area contributed by atoms with Crippen LogP contribution in [0.5, 0.6) is 11.5 Å². The van der Waals surface area contributed by atoms with Crippen LogP contribution in [0.4, 0.5) is 0 Å². The quantitative estimate of drug-likeness (QED) is 0.777. The van der Waals surface area contributed by atoms with Gasteiger partial charge in [0, 0.05) is 11.6 Å². The zero-order valence-electron chi connectivity index (χ0n) is 9.74. The Balaban J connectivity index is 1.95. The highest BCUT2D eigenvalue weighted by molar-refractivity contribution is 5.91. The van der Waals surface area contributed by atoms with Crippen LogP contribution in [0.1, 0.15) is 10.6 Å². The summed E-state index contributed by atoms with van der Waals surface area (Å²) in [4.78, 5) is 14.8. The van der Waals surface area contributed by atoms with Crippen molar-refractivity contribution in [1.82, 2.24) is 4.98 Å². The molecule has 0 spiro atoms. The lowest BCUT2D eigenvalue weighted by atomic mass is 10.2. The molecule has 5 heteroatoms. The molecule has 0 aliphatic rings. The first-order valence-corrected chi connectivity index (χ1v) is 5.57. The van der Waals surface area contributed by atoms with Crippen molar-refractivity contribution in [2.75, 3.05) is 0 Å². The van der Waals surface area contributed by atoms with Gasteiger partial charge in [0.05, 0.1) is 6.20 Å². The van der Waals surface area contributed by atoms with Crippen LogP contribution in [0.3, 0.4) is 0 Å². The Morgan fingerprint density at radius 1 is 1.21 bits per heavy atom. The molecule has 0 amide bonds. The molecule has 0 radical (unpaired) electrons. The van der Waals surface area contributed by atoms with E-state index in [1.165, 1.54) is 6.07 Å². The van der Waals surface area contributed by atoms with Crippen molar-refractivity contribution >= 4 is 16.9 Å². The third-order valence-corrected chi connectivity index (χ3v) is 2.57. The number of rotatable bonds is 3. The van der Waals surface area contributed by atoms with Gasteiger partial charge < -0.3 is 14.3 Å². The molecule has 3 aromatic rings. The second-order valence-corrected chi connectivity index (χ2v) is 3.91. The fourth-order valence-corrected chi connectivity index (χ4v) is 1.73. The number of carboxylic acid groups (broad SMARTS) is 1. The number of carbonyl (C=O) groups is 1. The highest BCUT2D eigenvalue weighted by atomic mass is 16.5. The van der Waals surface area contributed by atoms with Crippen molar-refractivity contribution in [2.24, 2.45) is 0 Å². The Kier molecular flexibility index (Phi) is 2.64. The minimum Gasteiger partial charge on any atom is -0.475 e. The van der Waals surface area contributed by atoms with Crippen molar-refractivity contribution in [1.29, 1.82) is 0 Å². The lowest BCUT2D eigenvalue weighted by Gasteiger charge is -2.04. The van der Waals surface area contributed by atoms with Crippen molar-refractivity contribution in [3.63, 3.8) is 0 Å². The maximum atomic E-state index is 10.8. The van der Waals surface area contributed by atoms with Crippen LogP contribution < -0.4 is 4.74 Å². The molecule has 2 aromatic heterocycles. The molecule has 0 bridgehead atoms. The Morgan fingerprint density at radius 2 is 2.11 bits per heavy atom. The van der Waals surface area contributed by atoms with Gasteiger partial charge in [-0.3, -0.25) is 4.98 Å². The number of aromatic carboxylic acids is 1.